The van der Waals surface area contributed by atoms with Crippen molar-refractivity contribution in [3.63, 3.8) is 0 Å². The van der Waals surface area contributed by atoms with Crippen LogP contribution in [0.2, 0.25) is 0 Å². The second-order valence-corrected chi connectivity index (χ2v) is 6.87. The van der Waals surface area contributed by atoms with E-state index in [9.17, 15) is 4.39 Å². The standard InChI is InChI=1S/C18H20FNS/c19-18-8-4-1-5-14(18)13-20-15-9-11-17(12-10-15)21-16-6-2-3-7-16/h1,4-5,8-12,16,20H,2-3,6-7,13H2. The Bertz CT molecular complexity index is 576. The highest BCUT2D eigenvalue weighted by molar-refractivity contribution is 8.00. The molecule has 0 unspecified atom stereocenters. The zero-order chi connectivity index (χ0) is 14.5. The van der Waals surface area contributed by atoms with E-state index in [1.165, 1.54) is 36.6 Å². The smallest absolute Gasteiger partial charge is 0.128 e. The van der Waals surface area contributed by atoms with Gasteiger partial charge in [0.1, 0.15) is 5.82 Å². The second kappa shape index (κ2) is 6.99. The topological polar surface area (TPSA) is 12.0 Å². The molecular formula is C18H20FNS. The summed E-state index contributed by atoms with van der Waals surface area (Å²) >= 11 is 1.99. The van der Waals surface area contributed by atoms with Gasteiger partial charge in [0.2, 0.25) is 0 Å². The number of hydrogen-bond acceptors (Lipinski definition) is 2. The normalized spacial score (nSPS) is 15.3. The Morgan fingerprint density at radius 2 is 1.71 bits per heavy atom. The van der Waals surface area contributed by atoms with Gasteiger partial charge in [0, 0.05) is 27.9 Å². The first-order valence-electron chi connectivity index (χ1n) is 7.55. The number of rotatable bonds is 5. The third-order valence-electron chi connectivity index (χ3n) is 3.90. The van der Waals surface area contributed by atoms with E-state index >= 15 is 0 Å². The Balaban J connectivity index is 1.55. The molecule has 2 aromatic rings. The van der Waals surface area contributed by atoms with Crippen LogP contribution in [0.3, 0.4) is 0 Å². The summed E-state index contributed by atoms with van der Waals surface area (Å²) in [6.45, 7) is 0.516. The van der Waals surface area contributed by atoms with Gasteiger partial charge in [-0.2, -0.15) is 0 Å². The third kappa shape index (κ3) is 4.01. The van der Waals surface area contributed by atoms with Gasteiger partial charge in [-0.25, -0.2) is 4.39 Å². The Morgan fingerprint density at radius 1 is 1.00 bits per heavy atom. The minimum absolute atomic E-state index is 0.154. The SMILES string of the molecule is Fc1ccccc1CNc1ccc(SC2CCCC2)cc1. The van der Waals surface area contributed by atoms with Gasteiger partial charge in [-0.05, 0) is 43.2 Å². The number of nitrogens with one attached hydrogen (secondary N) is 1. The van der Waals surface area contributed by atoms with Crippen LogP contribution in [0.15, 0.2) is 53.4 Å². The molecule has 0 amide bonds. The molecular weight excluding hydrogens is 281 g/mol. The van der Waals surface area contributed by atoms with Crippen LogP contribution in [0.5, 0.6) is 0 Å². The summed E-state index contributed by atoms with van der Waals surface area (Å²) in [5, 5.41) is 4.07. The van der Waals surface area contributed by atoms with Crippen LogP contribution in [-0.4, -0.2) is 5.25 Å². The van der Waals surface area contributed by atoms with Crippen molar-refractivity contribution in [1.82, 2.24) is 0 Å². The van der Waals surface area contributed by atoms with Crippen LogP contribution in [0, 0.1) is 5.82 Å². The Labute approximate surface area is 130 Å². The minimum atomic E-state index is -0.154. The van der Waals surface area contributed by atoms with Crippen molar-refractivity contribution in [2.45, 2.75) is 42.4 Å². The predicted octanol–water partition coefficient (Wildman–Crippen LogP) is 5.47. The van der Waals surface area contributed by atoms with Gasteiger partial charge in [0.05, 0.1) is 0 Å². The molecule has 110 valence electrons. The van der Waals surface area contributed by atoms with Crippen molar-refractivity contribution >= 4 is 17.4 Å². The fourth-order valence-corrected chi connectivity index (χ4v) is 3.94. The van der Waals surface area contributed by atoms with Crippen molar-refractivity contribution < 1.29 is 4.39 Å². The summed E-state index contributed by atoms with van der Waals surface area (Å²) < 4.78 is 13.5. The summed E-state index contributed by atoms with van der Waals surface area (Å²) in [7, 11) is 0. The highest BCUT2D eigenvalue weighted by atomic mass is 32.2. The maximum Gasteiger partial charge on any atom is 0.128 e. The van der Waals surface area contributed by atoms with Crippen molar-refractivity contribution in [3.8, 4) is 0 Å². The lowest BCUT2D eigenvalue weighted by Gasteiger charge is -2.10. The fraction of sp³-hybridized carbons (Fsp3) is 0.333. The van der Waals surface area contributed by atoms with E-state index in [4.69, 9.17) is 0 Å². The minimum Gasteiger partial charge on any atom is -0.381 e. The summed E-state index contributed by atoms with van der Waals surface area (Å²) in [5.74, 6) is -0.154. The third-order valence-corrected chi connectivity index (χ3v) is 5.25. The van der Waals surface area contributed by atoms with Gasteiger partial charge in [0.25, 0.3) is 0 Å². The molecule has 1 N–H and O–H groups in total. The number of hydrogen-bond donors (Lipinski definition) is 1. The molecule has 1 nitrogen and oxygen atoms in total. The van der Waals surface area contributed by atoms with E-state index in [1.54, 1.807) is 6.07 Å². The van der Waals surface area contributed by atoms with Gasteiger partial charge in [-0.3, -0.25) is 0 Å². The molecule has 1 aliphatic carbocycles. The summed E-state index contributed by atoms with van der Waals surface area (Å²) in [5.41, 5.74) is 1.73. The predicted molar refractivity (Wildman–Crippen MR) is 88.3 cm³/mol. The molecule has 0 heterocycles. The maximum absolute atomic E-state index is 13.5. The Morgan fingerprint density at radius 3 is 2.43 bits per heavy atom. The largest absolute Gasteiger partial charge is 0.381 e. The van der Waals surface area contributed by atoms with Gasteiger partial charge in [-0.1, -0.05) is 31.0 Å². The van der Waals surface area contributed by atoms with E-state index < -0.39 is 0 Å². The van der Waals surface area contributed by atoms with Crippen LogP contribution in [0.1, 0.15) is 31.2 Å². The molecule has 1 aliphatic rings. The molecule has 0 bridgehead atoms. The van der Waals surface area contributed by atoms with Crippen LogP contribution >= 0.6 is 11.8 Å². The van der Waals surface area contributed by atoms with Crippen LogP contribution in [0.25, 0.3) is 0 Å². The zero-order valence-corrected chi connectivity index (χ0v) is 12.8. The van der Waals surface area contributed by atoms with E-state index in [0.717, 1.165) is 10.9 Å². The first kappa shape index (κ1) is 14.5. The number of anilines is 1. The molecule has 0 aromatic heterocycles. The summed E-state index contributed by atoms with van der Waals surface area (Å²) in [6, 6.07) is 15.4. The average Bonchev–Trinajstić information content (AvgIpc) is 3.01. The first-order chi connectivity index (χ1) is 10.3. The molecule has 3 rings (SSSR count). The Hall–Kier alpha value is -1.48. The van der Waals surface area contributed by atoms with Gasteiger partial charge < -0.3 is 5.32 Å². The molecule has 3 heteroatoms. The zero-order valence-electron chi connectivity index (χ0n) is 12.0. The van der Waals surface area contributed by atoms with Crippen molar-refractivity contribution in [3.05, 3.63) is 59.9 Å². The summed E-state index contributed by atoms with van der Waals surface area (Å²) in [6.07, 6.45) is 5.44. The monoisotopic (exact) mass is 301 g/mol. The molecule has 0 spiro atoms. The quantitative estimate of drug-likeness (QED) is 0.785. The van der Waals surface area contributed by atoms with Crippen molar-refractivity contribution in [1.29, 1.82) is 0 Å². The van der Waals surface area contributed by atoms with Crippen molar-refractivity contribution in [2.75, 3.05) is 5.32 Å². The fourth-order valence-electron chi connectivity index (χ4n) is 2.69. The lowest BCUT2D eigenvalue weighted by atomic mass is 10.2. The number of halogens is 1. The molecule has 0 atom stereocenters. The molecule has 0 radical (unpaired) electrons. The first-order valence-corrected chi connectivity index (χ1v) is 8.43. The lowest BCUT2D eigenvalue weighted by molar-refractivity contribution is 0.613. The van der Waals surface area contributed by atoms with Crippen LogP contribution < -0.4 is 5.32 Å². The van der Waals surface area contributed by atoms with E-state index in [-0.39, 0.29) is 5.82 Å². The van der Waals surface area contributed by atoms with Crippen molar-refractivity contribution in [2.24, 2.45) is 0 Å². The molecule has 21 heavy (non-hydrogen) atoms. The van der Waals surface area contributed by atoms with E-state index in [1.807, 2.05) is 23.9 Å². The van der Waals surface area contributed by atoms with Crippen LogP contribution in [-0.2, 0) is 6.54 Å². The number of thioether (sulfide) groups is 1. The molecule has 1 saturated carbocycles. The molecule has 2 aromatic carbocycles. The highest BCUT2D eigenvalue weighted by Crippen LogP contribution is 2.34. The van der Waals surface area contributed by atoms with Crippen LogP contribution in [0.4, 0.5) is 10.1 Å². The molecule has 0 saturated heterocycles. The molecule has 0 aliphatic heterocycles. The lowest BCUT2D eigenvalue weighted by Crippen LogP contribution is -2.01. The van der Waals surface area contributed by atoms with Gasteiger partial charge >= 0.3 is 0 Å². The Kier molecular flexibility index (Phi) is 4.81. The van der Waals surface area contributed by atoms with E-state index in [2.05, 4.69) is 29.6 Å². The van der Waals surface area contributed by atoms with E-state index in [0.29, 0.717) is 12.1 Å². The maximum atomic E-state index is 13.5. The van der Waals surface area contributed by atoms with Gasteiger partial charge in [0.15, 0.2) is 0 Å². The number of benzene rings is 2. The van der Waals surface area contributed by atoms with Gasteiger partial charge in [-0.15, -0.1) is 11.8 Å². The highest BCUT2D eigenvalue weighted by Gasteiger charge is 2.15. The average molecular weight is 301 g/mol. The summed E-state index contributed by atoms with van der Waals surface area (Å²) in [4.78, 5) is 1.33. The molecule has 1 fully saturated rings. The second-order valence-electron chi connectivity index (χ2n) is 5.49.